The second-order valence-corrected chi connectivity index (χ2v) is 5.71. The molecule has 1 aliphatic rings. The van der Waals surface area contributed by atoms with E-state index in [-0.39, 0.29) is 22.9 Å². The average molecular weight is 359 g/mol. The van der Waals surface area contributed by atoms with Crippen molar-refractivity contribution >= 4 is 23.6 Å². The molecular weight excluding hydrogens is 353 g/mol. The van der Waals surface area contributed by atoms with Crippen molar-refractivity contribution in [1.29, 1.82) is 0 Å². The summed E-state index contributed by atoms with van der Waals surface area (Å²) in [5.74, 6) is -12.4. The Labute approximate surface area is 136 Å². The number of benzene rings is 2. The van der Waals surface area contributed by atoms with Gasteiger partial charge in [0.2, 0.25) is 5.82 Å². The van der Waals surface area contributed by atoms with Crippen LogP contribution in [0.15, 0.2) is 29.2 Å². The highest BCUT2D eigenvalue weighted by Gasteiger charge is 2.36. The van der Waals surface area contributed by atoms with E-state index >= 15 is 0 Å². The third-order valence-electron chi connectivity index (χ3n) is 3.39. The number of carbonyl (C=O) groups is 2. The van der Waals surface area contributed by atoms with Crippen LogP contribution in [-0.4, -0.2) is 22.6 Å². The maximum absolute atomic E-state index is 13.6. The fraction of sp³-hybridized carbons (Fsp3) is 0.0667. The summed E-state index contributed by atoms with van der Waals surface area (Å²) in [5, 5.41) is 0. The summed E-state index contributed by atoms with van der Waals surface area (Å²) < 4.78 is 66.5. The van der Waals surface area contributed by atoms with Gasteiger partial charge in [0.1, 0.15) is 0 Å². The van der Waals surface area contributed by atoms with Crippen molar-refractivity contribution in [3.05, 3.63) is 64.5 Å². The number of hydrogen-bond acceptors (Lipinski definition) is 3. The molecule has 0 bridgehead atoms. The van der Waals surface area contributed by atoms with Crippen LogP contribution in [0.2, 0.25) is 0 Å². The summed E-state index contributed by atoms with van der Waals surface area (Å²) in [7, 11) is 0. The van der Waals surface area contributed by atoms with Crippen LogP contribution in [-0.2, 0) is 0 Å². The standard InChI is InChI=1S/C15H6F5NO2S/c16-8-9(17)11(19)13(12(20)10(8)18)24-5-21-14(22)6-3-1-2-4-7(6)15(21)23/h1-4H,5H2. The van der Waals surface area contributed by atoms with Crippen LogP contribution in [0.5, 0.6) is 0 Å². The number of thioether (sulfide) groups is 1. The highest BCUT2D eigenvalue weighted by molar-refractivity contribution is 7.99. The zero-order chi connectivity index (χ0) is 17.6. The van der Waals surface area contributed by atoms with Gasteiger partial charge >= 0.3 is 0 Å². The zero-order valence-corrected chi connectivity index (χ0v) is 12.4. The first-order valence-electron chi connectivity index (χ1n) is 6.44. The first-order valence-corrected chi connectivity index (χ1v) is 7.42. The molecule has 0 atom stereocenters. The van der Waals surface area contributed by atoms with Gasteiger partial charge in [-0.2, -0.15) is 0 Å². The van der Waals surface area contributed by atoms with Crippen LogP contribution in [0, 0.1) is 29.1 Å². The summed E-state index contributed by atoms with van der Waals surface area (Å²) >= 11 is 0.174. The van der Waals surface area contributed by atoms with E-state index in [4.69, 9.17) is 0 Å². The van der Waals surface area contributed by atoms with E-state index < -0.39 is 51.7 Å². The highest BCUT2D eigenvalue weighted by atomic mass is 32.2. The van der Waals surface area contributed by atoms with Crippen LogP contribution in [0.4, 0.5) is 22.0 Å². The first-order chi connectivity index (χ1) is 11.3. The Bertz CT molecular complexity index is 822. The normalized spacial score (nSPS) is 13.6. The van der Waals surface area contributed by atoms with Gasteiger partial charge in [0.25, 0.3) is 11.8 Å². The van der Waals surface area contributed by atoms with Gasteiger partial charge < -0.3 is 0 Å². The quantitative estimate of drug-likeness (QED) is 0.276. The SMILES string of the molecule is O=C1c2ccccc2C(=O)N1CSc1c(F)c(F)c(F)c(F)c1F. The Kier molecular flexibility index (Phi) is 4.04. The molecule has 0 unspecified atom stereocenters. The molecule has 0 saturated carbocycles. The van der Waals surface area contributed by atoms with Gasteiger partial charge in [0.15, 0.2) is 23.3 Å². The number of imide groups is 1. The van der Waals surface area contributed by atoms with Crippen LogP contribution < -0.4 is 0 Å². The van der Waals surface area contributed by atoms with Crippen molar-refractivity contribution in [2.45, 2.75) is 4.90 Å². The van der Waals surface area contributed by atoms with Gasteiger partial charge in [0.05, 0.1) is 21.9 Å². The minimum absolute atomic E-state index is 0.112. The molecule has 2 aromatic rings. The lowest BCUT2D eigenvalue weighted by atomic mass is 10.1. The molecule has 2 amide bonds. The van der Waals surface area contributed by atoms with Crippen molar-refractivity contribution in [2.24, 2.45) is 0 Å². The van der Waals surface area contributed by atoms with E-state index in [9.17, 15) is 31.5 Å². The lowest BCUT2D eigenvalue weighted by molar-refractivity contribution is 0.0684. The topological polar surface area (TPSA) is 37.4 Å². The summed E-state index contributed by atoms with van der Waals surface area (Å²) in [6, 6.07) is 5.87. The fourth-order valence-electron chi connectivity index (χ4n) is 2.20. The second kappa shape index (κ2) is 5.90. The molecule has 3 nitrogen and oxygen atoms in total. The molecule has 124 valence electrons. The predicted octanol–water partition coefficient (Wildman–Crippen LogP) is 3.73. The third kappa shape index (κ3) is 2.35. The van der Waals surface area contributed by atoms with Crippen molar-refractivity contribution in [3.63, 3.8) is 0 Å². The number of nitrogens with zero attached hydrogens (tertiary/aromatic N) is 1. The number of carbonyl (C=O) groups excluding carboxylic acids is 2. The van der Waals surface area contributed by atoms with Gasteiger partial charge in [0, 0.05) is 0 Å². The van der Waals surface area contributed by atoms with Gasteiger partial charge in [-0.3, -0.25) is 14.5 Å². The van der Waals surface area contributed by atoms with Gasteiger partial charge in [-0.25, -0.2) is 22.0 Å². The Hall–Kier alpha value is -2.42. The molecule has 2 aromatic carbocycles. The Morgan fingerprint density at radius 3 is 1.62 bits per heavy atom. The molecule has 0 fully saturated rings. The lowest BCUT2D eigenvalue weighted by Gasteiger charge is -2.14. The van der Waals surface area contributed by atoms with E-state index in [0.717, 1.165) is 0 Å². The molecule has 1 heterocycles. The minimum atomic E-state index is -2.27. The Morgan fingerprint density at radius 1 is 0.750 bits per heavy atom. The molecule has 1 aliphatic heterocycles. The number of rotatable bonds is 3. The van der Waals surface area contributed by atoms with Crippen LogP contribution in [0.25, 0.3) is 0 Å². The van der Waals surface area contributed by atoms with Crippen LogP contribution in [0.1, 0.15) is 20.7 Å². The van der Waals surface area contributed by atoms with Crippen molar-refractivity contribution in [2.75, 3.05) is 5.88 Å². The van der Waals surface area contributed by atoms with Gasteiger partial charge in [-0.05, 0) is 12.1 Å². The second-order valence-electron chi connectivity index (χ2n) is 4.76. The summed E-state index contributed by atoms with van der Waals surface area (Å²) in [5.41, 5.74) is 0.223. The molecular formula is C15H6F5NO2S. The largest absolute Gasteiger partial charge is 0.269 e. The number of fused-ring (bicyclic) bond motifs is 1. The molecule has 0 aromatic heterocycles. The molecule has 0 N–H and O–H groups in total. The maximum atomic E-state index is 13.6. The van der Waals surface area contributed by atoms with E-state index in [2.05, 4.69) is 0 Å². The van der Waals surface area contributed by atoms with Crippen molar-refractivity contribution < 1.29 is 31.5 Å². The number of amides is 2. The average Bonchev–Trinajstić information content (AvgIpc) is 2.83. The molecule has 0 spiro atoms. The van der Waals surface area contributed by atoms with Crippen molar-refractivity contribution in [1.82, 2.24) is 4.90 Å². The van der Waals surface area contributed by atoms with E-state index in [1.165, 1.54) is 24.3 Å². The summed E-state index contributed by atoms with van der Waals surface area (Å²) in [6.07, 6.45) is 0. The first kappa shape index (κ1) is 16.4. The summed E-state index contributed by atoms with van der Waals surface area (Å²) in [4.78, 5) is 23.7. The van der Waals surface area contributed by atoms with Gasteiger partial charge in [-0.15, -0.1) is 0 Å². The monoisotopic (exact) mass is 359 g/mol. The Balaban J connectivity index is 1.89. The number of halogens is 5. The minimum Gasteiger partial charge on any atom is -0.269 e. The molecule has 9 heteroatoms. The molecule has 0 saturated heterocycles. The van der Waals surface area contributed by atoms with Crippen molar-refractivity contribution in [3.8, 4) is 0 Å². The fourth-order valence-corrected chi connectivity index (χ4v) is 3.12. The van der Waals surface area contributed by atoms with E-state index in [1.54, 1.807) is 0 Å². The zero-order valence-electron chi connectivity index (χ0n) is 11.6. The third-order valence-corrected chi connectivity index (χ3v) is 4.42. The van der Waals surface area contributed by atoms with Gasteiger partial charge in [-0.1, -0.05) is 23.9 Å². The molecule has 3 rings (SSSR count). The smallest absolute Gasteiger partial charge is 0.262 e. The summed E-state index contributed by atoms with van der Waals surface area (Å²) in [6.45, 7) is 0. The Morgan fingerprint density at radius 2 is 1.17 bits per heavy atom. The lowest BCUT2D eigenvalue weighted by Crippen LogP contribution is -2.29. The maximum Gasteiger partial charge on any atom is 0.262 e. The van der Waals surface area contributed by atoms with E-state index in [0.29, 0.717) is 4.90 Å². The predicted molar refractivity (Wildman–Crippen MR) is 73.9 cm³/mol. The highest BCUT2D eigenvalue weighted by Crippen LogP contribution is 2.33. The molecule has 0 radical (unpaired) electrons. The van der Waals surface area contributed by atoms with Crippen LogP contribution in [0.3, 0.4) is 0 Å². The number of hydrogen-bond donors (Lipinski definition) is 0. The van der Waals surface area contributed by atoms with Crippen LogP contribution >= 0.6 is 11.8 Å². The molecule has 0 aliphatic carbocycles. The van der Waals surface area contributed by atoms with E-state index in [1.807, 2.05) is 0 Å². The molecule has 24 heavy (non-hydrogen) atoms.